The molecule has 12 rings (SSSR count). The number of fused-ring (bicyclic) bond motifs is 12. The summed E-state index contributed by atoms with van der Waals surface area (Å²) in [6, 6.07) is 44.5. The molecule has 0 aliphatic heterocycles. The molecule has 0 nitrogen and oxygen atoms in total. The minimum absolute atomic E-state index is 0.531. The van der Waals surface area contributed by atoms with Crippen LogP contribution in [0, 0.1) is 23.7 Å². The Morgan fingerprint density at radius 1 is 0.288 bits per heavy atom. The van der Waals surface area contributed by atoms with Crippen molar-refractivity contribution < 1.29 is 26.3 Å². The normalized spacial score (nSPS) is 12.4. The van der Waals surface area contributed by atoms with E-state index in [1.54, 1.807) is 45.3 Å². The number of hydrogen-bond acceptors (Lipinski definition) is 4. The second-order valence-electron chi connectivity index (χ2n) is 16.0. The summed E-state index contributed by atoms with van der Waals surface area (Å²) < 4.78 is 87.3. The van der Waals surface area contributed by atoms with Gasteiger partial charge in [-0.05, 0) is 120 Å². The lowest BCUT2D eigenvalue weighted by atomic mass is 10.1. The summed E-state index contributed by atoms with van der Waals surface area (Å²) in [5.74, 6) is 12.2. The first-order valence-electron chi connectivity index (χ1n) is 20.6. The summed E-state index contributed by atoms with van der Waals surface area (Å²) in [4.78, 5) is 0. The van der Waals surface area contributed by atoms with Gasteiger partial charge in [0.05, 0.1) is 11.1 Å². The largest absolute Gasteiger partial charge is 0.416 e. The number of hydrogen-bond donors (Lipinski definition) is 0. The Balaban J connectivity index is 0.782. The molecule has 0 radical (unpaired) electrons. The van der Waals surface area contributed by atoms with Crippen molar-refractivity contribution in [3.8, 4) is 23.7 Å². The predicted molar refractivity (Wildman–Crippen MR) is 268 cm³/mol. The fourth-order valence-electron chi connectivity index (χ4n) is 8.45. The van der Waals surface area contributed by atoms with Crippen LogP contribution >= 0.6 is 45.3 Å². The SMILES string of the molecule is FC(F)(F)c1ccc(C#Cc2ccc3c(c2)sc2cc4c(cc23)sc2cc(/C=C/c3ccc5c(c3)sc3cc6c(cc35)sc3cc(C#Cc5ccc(C(F)(F)F)cc5)ccc36)ccc24)cc1. The fraction of sp³-hybridized carbons (Fsp3) is 0.0357. The van der Waals surface area contributed by atoms with Crippen LogP contribution < -0.4 is 0 Å². The molecule has 0 aliphatic rings. The van der Waals surface area contributed by atoms with Crippen molar-refractivity contribution in [1.82, 2.24) is 0 Å². The molecule has 0 amide bonds. The molecule has 0 saturated carbocycles. The fourth-order valence-corrected chi connectivity index (χ4v) is 13.1. The van der Waals surface area contributed by atoms with E-state index in [4.69, 9.17) is 0 Å². The first-order valence-corrected chi connectivity index (χ1v) is 23.8. The van der Waals surface area contributed by atoms with Crippen molar-refractivity contribution in [3.05, 3.63) is 190 Å². The van der Waals surface area contributed by atoms with Gasteiger partial charge in [-0.1, -0.05) is 72.2 Å². The van der Waals surface area contributed by atoms with Gasteiger partial charge in [-0.2, -0.15) is 26.3 Å². The Hall–Kier alpha value is -6.92. The van der Waals surface area contributed by atoms with Crippen molar-refractivity contribution in [2.24, 2.45) is 0 Å². The smallest absolute Gasteiger partial charge is 0.166 e. The Morgan fingerprint density at radius 3 is 0.894 bits per heavy atom. The summed E-state index contributed by atoms with van der Waals surface area (Å²) in [5.41, 5.74) is 3.57. The number of thiophene rings is 4. The summed E-state index contributed by atoms with van der Waals surface area (Å²) in [5, 5.41) is 9.60. The maximum Gasteiger partial charge on any atom is 0.416 e. The van der Waals surface area contributed by atoms with Crippen LogP contribution in [0.1, 0.15) is 44.5 Å². The zero-order valence-corrected chi connectivity index (χ0v) is 37.2. The second kappa shape index (κ2) is 15.3. The zero-order valence-electron chi connectivity index (χ0n) is 33.9. The van der Waals surface area contributed by atoms with E-state index in [1.165, 1.54) is 84.8 Å². The van der Waals surface area contributed by atoms with Crippen molar-refractivity contribution in [2.75, 3.05) is 0 Å². The predicted octanol–water partition coefficient (Wildman–Crippen LogP) is 18.2. The van der Waals surface area contributed by atoms with E-state index < -0.39 is 23.5 Å². The lowest BCUT2D eigenvalue weighted by Crippen LogP contribution is -2.04. The van der Waals surface area contributed by atoms with Gasteiger partial charge < -0.3 is 0 Å². The average molecular weight is 941 g/mol. The molecule has 0 unspecified atom stereocenters. The molecule has 4 aromatic heterocycles. The third-order valence-corrected chi connectivity index (χ3v) is 16.2. The van der Waals surface area contributed by atoms with Crippen LogP contribution in [-0.4, -0.2) is 0 Å². The van der Waals surface area contributed by atoms with Crippen molar-refractivity contribution >= 4 is 138 Å². The third-order valence-electron chi connectivity index (χ3n) is 11.8. The Morgan fingerprint density at radius 2 is 0.561 bits per heavy atom. The highest BCUT2D eigenvalue weighted by Crippen LogP contribution is 2.44. The van der Waals surface area contributed by atoms with Gasteiger partial charge in [0.15, 0.2) is 0 Å². The van der Waals surface area contributed by atoms with E-state index in [9.17, 15) is 26.3 Å². The molecule has 0 saturated heterocycles. The minimum Gasteiger partial charge on any atom is -0.166 e. The van der Waals surface area contributed by atoms with E-state index in [0.29, 0.717) is 11.1 Å². The van der Waals surface area contributed by atoms with Gasteiger partial charge in [0.25, 0.3) is 0 Å². The van der Waals surface area contributed by atoms with Gasteiger partial charge in [-0.3, -0.25) is 0 Å². The quantitative estimate of drug-likeness (QED) is 0.0920. The summed E-state index contributed by atoms with van der Waals surface area (Å²) in [7, 11) is 0. The van der Waals surface area contributed by atoms with Crippen LogP contribution in [0.15, 0.2) is 146 Å². The standard InChI is InChI=1S/C56H26F6S4/c57-55(58,59)37-15-7-31(8-16-37)1-3-33-11-19-39-43-27-53-45(29-51(43)63-47(39)23-33)41-21-13-35(25-49(41)65-53)5-6-36-14-22-42-46-30-52-44(28-54(46)66-50(42)26-36)40-20-12-34(24-48(40)64-52)4-2-32-9-17-38(18-10-32)56(60,61)62/h5-30H/b6-5+. The number of benzene rings is 8. The van der Waals surface area contributed by atoms with Crippen LogP contribution in [-0.2, 0) is 12.4 Å². The molecule has 0 fully saturated rings. The lowest BCUT2D eigenvalue weighted by Gasteiger charge is -2.05. The molecular formula is C56H26F6S4. The molecule has 0 bridgehead atoms. The van der Waals surface area contributed by atoms with Crippen LogP contribution in [0.3, 0.4) is 0 Å². The van der Waals surface area contributed by atoms with Gasteiger partial charge in [0.1, 0.15) is 0 Å². The van der Waals surface area contributed by atoms with E-state index in [-0.39, 0.29) is 0 Å². The average Bonchev–Trinajstić information content (AvgIpc) is 4.06. The molecule has 0 atom stereocenters. The molecule has 0 N–H and O–H groups in total. The van der Waals surface area contributed by atoms with Gasteiger partial charge in [-0.15, -0.1) is 45.3 Å². The number of rotatable bonds is 2. The van der Waals surface area contributed by atoms with Crippen molar-refractivity contribution in [1.29, 1.82) is 0 Å². The molecule has 8 aromatic carbocycles. The van der Waals surface area contributed by atoms with Gasteiger partial charge in [0, 0.05) is 103 Å². The molecule has 0 spiro atoms. The molecule has 0 aliphatic carbocycles. The first-order chi connectivity index (χ1) is 31.9. The maximum absolute atomic E-state index is 13.0. The van der Waals surface area contributed by atoms with E-state index in [2.05, 4.69) is 121 Å². The summed E-state index contributed by atoms with van der Waals surface area (Å²) >= 11 is 7.02. The lowest BCUT2D eigenvalue weighted by molar-refractivity contribution is -0.138. The number of alkyl halides is 6. The second-order valence-corrected chi connectivity index (χ2v) is 20.3. The van der Waals surface area contributed by atoms with Gasteiger partial charge in [0.2, 0.25) is 0 Å². The topological polar surface area (TPSA) is 0 Å². The Bertz CT molecular complexity index is 3860. The molecule has 66 heavy (non-hydrogen) atoms. The van der Waals surface area contributed by atoms with E-state index in [0.717, 1.165) is 66.7 Å². The van der Waals surface area contributed by atoms with E-state index in [1.807, 2.05) is 12.1 Å². The van der Waals surface area contributed by atoms with Crippen molar-refractivity contribution in [2.45, 2.75) is 12.4 Å². The molecule has 10 heteroatoms. The van der Waals surface area contributed by atoms with E-state index >= 15 is 0 Å². The van der Waals surface area contributed by atoms with Crippen LogP contribution in [0.4, 0.5) is 26.3 Å². The van der Waals surface area contributed by atoms with Crippen LogP contribution in [0.25, 0.3) is 92.8 Å². The molecule has 4 heterocycles. The molecule has 316 valence electrons. The minimum atomic E-state index is -4.37. The molecule has 12 aromatic rings. The van der Waals surface area contributed by atoms with Crippen LogP contribution in [0.5, 0.6) is 0 Å². The van der Waals surface area contributed by atoms with Gasteiger partial charge >= 0.3 is 12.4 Å². The maximum atomic E-state index is 13.0. The highest BCUT2D eigenvalue weighted by molar-refractivity contribution is 7.28. The van der Waals surface area contributed by atoms with Gasteiger partial charge in [-0.25, -0.2) is 0 Å². The first kappa shape index (κ1) is 40.6. The zero-order chi connectivity index (χ0) is 44.9. The Kier molecular flexibility index (Phi) is 9.43. The summed E-state index contributed by atoms with van der Waals surface area (Å²) in [6.07, 6.45) is -4.40. The highest BCUT2D eigenvalue weighted by Gasteiger charge is 2.30. The number of halogens is 6. The third kappa shape index (κ3) is 7.37. The van der Waals surface area contributed by atoms with Crippen molar-refractivity contribution in [3.63, 3.8) is 0 Å². The highest BCUT2D eigenvalue weighted by atomic mass is 32.1. The molecular weight excluding hydrogens is 915 g/mol. The Labute approximate surface area is 388 Å². The monoisotopic (exact) mass is 940 g/mol. The summed E-state index contributed by atoms with van der Waals surface area (Å²) in [6.45, 7) is 0. The van der Waals surface area contributed by atoms with Crippen LogP contribution in [0.2, 0.25) is 0 Å².